The smallest absolute Gasteiger partial charge is 0.451 e. The van der Waals surface area contributed by atoms with Gasteiger partial charge in [0, 0.05) is 18.8 Å². The van der Waals surface area contributed by atoms with E-state index in [1.165, 1.54) is 16.9 Å². The summed E-state index contributed by atoms with van der Waals surface area (Å²) in [5, 5.41) is 0. The molecule has 0 bridgehead atoms. The fourth-order valence-electron chi connectivity index (χ4n) is 2.77. The van der Waals surface area contributed by atoms with Crippen molar-refractivity contribution in [1.82, 2.24) is 9.58 Å². The van der Waals surface area contributed by atoms with Crippen LogP contribution in [0, 0.1) is 0 Å². The maximum atomic E-state index is 12.7. The van der Waals surface area contributed by atoms with Gasteiger partial charge in [0.2, 0.25) is 18.0 Å². The molecule has 23 heavy (non-hydrogen) atoms. The van der Waals surface area contributed by atoms with Gasteiger partial charge in [-0.05, 0) is 19.3 Å². The lowest BCUT2D eigenvalue weighted by Crippen LogP contribution is -2.56. The summed E-state index contributed by atoms with van der Waals surface area (Å²) >= 11 is 0. The molecule has 1 N–H and O–H groups in total. The van der Waals surface area contributed by atoms with E-state index in [4.69, 9.17) is 4.74 Å². The van der Waals surface area contributed by atoms with Gasteiger partial charge in [-0.25, -0.2) is 4.79 Å². The minimum absolute atomic E-state index is 0.0922. The first-order valence-corrected chi connectivity index (χ1v) is 7.28. The Hall–Kier alpha value is -2.71. The highest BCUT2D eigenvalue weighted by Gasteiger charge is 2.36. The predicted octanol–water partition coefficient (Wildman–Crippen LogP) is 0.477. The monoisotopic (exact) mass is 323 g/mol. The maximum Gasteiger partial charge on any atom is 0.510 e. The van der Waals surface area contributed by atoms with Crippen molar-refractivity contribution in [3.8, 4) is 5.75 Å². The minimum Gasteiger partial charge on any atom is -0.451 e. The first-order valence-electron chi connectivity index (χ1n) is 7.28. The van der Waals surface area contributed by atoms with Crippen LogP contribution in [0.3, 0.4) is 0 Å². The molecule has 0 saturated carbocycles. The van der Waals surface area contributed by atoms with E-state index >= 15 is 0 Å². The average molecular weight is 323 g/mol. The number of hydrogen-bond donors (Lipinski definition) is 1. The Kier molecular flexibility index (Phi) is 4.09. The van der Waals surface area contributed by atoms with Crippen LogP contribution in [-0.2, 0) is 9.47 Å². The van der Waals surface area contributed by atoms with E-state index in [1.54, 1.807) is 4.90 Å². The molecule has 1 unspecified atom stereocenters. The number of aromatic nitrogens is 1. The number of fused-ring (bicyclic) bond motifs is 2. The Morgan fingerprint density at radius 3 is 3.00 bits per heavy atom. The van der Waals surface area contributed by atoms with Gasteiger partial charge in [-0.1, -0.05) is 0 Å². The molecule has 9 nitrogen and oxygen atoms in total. The Balaban J connectivity index is 1.88. The molecule has 0 aromatic carbocycles. The molecule has 1 fully saturated rings. The average Bonchev–Trinajstić information content (AvgIpc) is 2.57. The molecule has 0 aliphatic carbocycles. The highest BCUT2D eigenvalue weighted by Crippen LogP contribution is 2.26. The number of nitrogens with one attached hydrogen (secondary N) is 1. The fraction of sp³-hybridized carbons (Fsp3) is 0.500. The first-order chi connectivity index (χ1) is 11.1. The van der Waals surface area contributed by atoms with Crippen molar-refractivity contribution < 1.29 is 23.8 Å². The van der Waals surface area contributed by atoms with Crippen LogP contribution < -0.4 is 15.6 Å². The molecule has 3 heterocycles. The summed E-state index contributed by atoms with van der Waals surface area (Å²) in [6.07, 6.45) is 3.27. The van der Waals surface area contributed by atoms with Gasteiger partial charge >= 0.3 is 6.16 Å². The van der Waals surface area contributed by atoms with E-state index < -0.39 is 18.4 Å². The van der Waals surface area contributed by atoms with Gasteiger partial charge in [-0.3, -0.25) is 14.3 Å². The number of amides is 1. The summed E-state index contributed by atoms with van der Waals surface area (Å²) in [4.78, 5) is 37.3. The van der Waals surface area contributed by atoms with Gasteiger partial charge < -0.3 is 24.5 Å². The molecule has 0 radical (unpaired) electrons. The van der Waals surface area contributed by atoms with Gasteiger partial charge in [0.15, 0.2) is 5.69 Å². The number of piperidine rings is 1. The van der Waals surface area contributed by atoms with Crippen LogP contribution in [0.2, 0.25) is 0 Å². The van der Waals surface area contributed by atoms with Crippen LogP contribution in [0.5, 0.6) is 5.75 Å². The van der Waals surface area contributed by atoms with Crippen molar-refractivity contribution in [2.45, 2.75) is 25.4 Å². The van der Waals surface area contributed by atoms with Crippen molar-refractivity contribution >= 4 is 12.1 Å². The summed E-state index contributed by atoms with van der Waals surface area (Å²) in [6, 6.07) is 1.29. The van der Waals surface area contributed by atoms with Gasteiger partial charge in [0.05, 0.1) is 7.11 Å². The third-order valence-electron chi connectivity index (χ3n) is 3.86. The highest BCUT2D eigenvalue weighted by molar-refractivity contribution is 5.96. The van der Waals surface area contributed by atoms with Crippen molar-refractivity contribution in [2.24, 2.45) is 0 Å². The number of nitrogens with zero attached hydrogens (tertiary/aromatic N) is 2. The molecule has 1 amide bonds. The minimum atomic E-state index is -0.935. The topological polar surface area (TPSA) is 99.1 Å². The summed E-state index contributed by atoms with van der Waals surface area (Å²) in [6.45, 7) is 0.104. The first kappa shape index (κ1) is 15.2. The van der Waals surface area contributed by atoms with E-state index in [1.807, 2.05) is 0 Å². The molecule has 1 aromatic rings. The lowest BCUT2D eigenvalue weighted by atomic mass is 10.1. The number of ether oxygens (including phenoxy) is 3. The Morgan fingerprint density at radius 2 is 2.22 bits per heavy atom. The molecule has 9 heteroatoms. The molecule has 1 saturated heterocycles. The number of carbonyl (C=O) groups excluding carboxylic acids is 2. The predicted molar refractivity (Wildman–Crippen MR) is 77.7 cm³/mol. The standard InChI is InChI=1S/C14H17N3O6/c1-21-14(20)23-8-22-12-9(18)5-7-17-11(12)13(19)16-6-3-2-4-10(16)15-17/h5,7,10,15H,2-4,6,8H2,1H3. The number of pyridine rings is 1. The van der Waals surface area contributed by atoms with Crippen molar-refractivity contribution in [1.29, 1.82) is 0 Å². The van der Waals surface area contributed by atoms with Crippen LogP contribution in [0.15, 0.2) is 17.1 Å². The quantitative estimate of drug-likeness (QED) is 0.638. The zero-order valence-corrected chi connectivity index (χ0v) is 12.6. The van der Waals surface area contributed by atoms with Gasteiger partial charge in [0.25, 0.3) is 5.91 Å². The van der Waals surface area contributed by atoms with E-state index in [0.29, 0.717) is 6.54 Å². The van der Waals surface area contributed by atoms with E-state index in [0.717, 1.165) is 26.4 Å². The Bertz CT molecular complexity index is 686. The SMILES string of the molecule is COC(=O)OCOc1c2n(ccc1=O)NC1CCCCN1C2=O. The molecule has 1 atom stereocenters. The molecule has 0 spiro atoms. The third-order valence-corrected chi connectivity index (χ3v) is 3.86. The summed E-state index contributed by atoms with van der Waals surface area (Å²) in [5.41, 5.74) is 2.82. The number of carbonyl (C=O) groups is 2. The lowest BCUT2D eigenvalue weighted by Gasteiger charge is -2.41. The molecule has 124 valence electrons. The highest BCUT2D eigenvalue weighted by atomic mass is 16.8. The summed E-state index contributed by atoms with van der Waals surface area (Å²) in [7, 11) is 1.16. The molecular formula is C14H17N3O6. The van der Waals surface area contributed by atoms with Crippen LogP contribution >= 0.6 is 0 Å². The van der Waals surface area contributed by atoms with Crippen molar-refractivity contribution in [3.05, 3.63) is 28.2 Å². The van der Waals surface area contributed by atoms with E-state index in [2.05, 4.69) is 14.9 Å². The Morgan fingerprint density at radius 1 is 1.39 bits per heavy atom. The number of methoxy groups -OCH3 is 1. The van der Waals surface area contributed by atoms with E-state index in [9.17, 15) is 14.4 Å². The normalized spacial score (nSPS) is 19.3. The second kappa shape index (κ2) is 6.19. The second-order valence-electron chi connectivity index (χ2n) is 5.23. The van der Waals surface area contributed by atoms with Gasteiger partial charge in [-0.15, -0.1) is 0 Å². The third kappa shape index (κ3) is 2.81. The van der Waals surface area contributed by atoms with Crippen LogP contribution in [0.25, 0.3) is 0 Å². The largest absolute Gasteiger partial charge is 0.510 e. The molecule has 2 aliphatic rings. The summed E-state index contributed by atoms with van der Waals surface area (Å²) in [5.74, 6) is -0.433. The molecule has 2 aliphatic heterocycles. The Labute approximate surface area is 131 Å². The fourth-order valence-corrected chi connectivity index (χ4v) is 2.77. The van der Waals surface area contributed by atoms with E-state index in [-0.39, 0.29) is 23.5 Å². The van der Waals surface area contributed by atoms with Crippen molar-refractivity contribution in [3.63, 3.8) is 0 Å². The van der Waals surface area contributed by atoms with Crippen LogP contribution in [0.1, 0.15) is 29.8 Å². The number of hydrogen-bond acceptors (Lipinski definition) is 7. The van der Waals surface area contributed by atoms with Crippen LogP contribution in [-0.4, -0.2) is 48.3 Å². The lowest BCUT2D eigenvalue weighted by molar-refractivity contribution is 0.0133. The zero-order chi connectivity index (χ0) is 16.4. The van der Waals surface area contributed by atoms with Gasteiger partial charge in [0.1, 0.15) is 6.17 Å². The van der Waals surface area contributed by atoms with Gasteiger partial charge in [-0.2, -0.15) is 0 Å². The summed E-state index contributed by atoms with van der Waals surface area (Å²) < 4.78 is 15.6. The number of rotatable bonds is 3. The molecule has 3 rings (SSSR count). The molecule has 1 aromatic heterocycles. The molecular weight excluding hydrogens is 306 g/mol. The maximum absolute atomic E-state index is 12.7. The second-order valence-corrected chi connectivity index (χ2v) is 5.23. The zero-order valence-electron chi connectivity index (χ0n) is 12.6. The van der Waals surface area contributed by atoms with Crippen molar-refractivity contribution in [2.75, 3.05) is 25.9 Å². The van der Waals surface area contributed by atoms with Crippen LogP contribution in [0.4, 0.5) is 4.79 Å².